The Bertz CT molecular complexity index is 415. The van der Waals surface area contributed by atoms with Gasteiger partial charge >= 0.3 is 0 Å². The Kier molecular flexibility index (Phi) is 3.85. The van der Waals surface area contributed by atoms with Crippen molar-refractivity contribution in [1.29, 1.82) is 0 Å². The van der Waals surface area contributed by atoms with Crippen LogP contribution in [-0.4, -0.2) is 12.0 Å². The predicted octanol–water partition coefficient (Wildman–Crippen LogP) is 3.10. The van der Waals surface area contributed by atoms with Crippen molar-refractivity contribution in [3.05, 3.63) is 44.0 Å². The molecule has 0 spiro atoms. The first kappa shape index (κ1) is 11.7. The van der Waals surface area contributed by atoms with Crippen molar-refractivity contribution >= 4 is 22.0 Å². The first-order valence-electron chi connectivity index (χ1n) is 4.21. The molecule has 5 heteroatoms. The van der Waals surface area contributed by atoms with Gasteiger partial charge in [-0.05, 0) is 12.1 Å². The molecule has 80 valence electrons. The minimum absolute atomic E-state index is 0.0696. The maximum Gasteiger partial charge on any atom is 0.243 e. The van der Waals surface area contributed by atoms with E-state index in [1.807, 2.05) is 12.1 Å². The van der Waals surface area contributed by atoms with Gasteiger partial charge in [-0.2, -0.15) is 0 Å². The minimum atomic E-state index is -0.432. The fourth-order valence-corrected chi connectivity index (χ4v) is 1.56. The van der Waals surface area contributed by atoms with Crippen LogP contribution < -0.4 is 4.74 Å². The number of rotatable bonds is 3. The molecule has 4 nitrogen and oxygen atoms in total. The normalized spacial score (nSPS) is 11.3. The van der Waals surface area contributed by atoms with Crippen LogP contribution in [-0.2, 0) is 0 Å². The number of methoxy groups -OCH3 is 1. The molecule has 0 aliphatic rings. The molecule has 1 rings (SSSR count). The molecule has 0 aromatic heterocycles. The van der Waals surface area contributed by atoms with Crippen LogP contribution >= 0.6 is 15.9 Å². The Balaban J connectivity index is 3.24. The van der Waals surface area contributed by atoms with E-state index in [1.165, 1.54) is 20.1 Å². The molecule has 1 aromatic carbocycles. The molecular formula is C10H10BrNO3. The van der Waals surface area contributed by atoms with E-state index in [9.17, 15) is 10.1 Å². The number of nitro groups is 1. The molecule has 0 unspecified atom stereocenters. The van der Waals surface area contributed by atoms with E-state index in [-0.39, 0.29) is 5.70 Å². The maximum absolute atomic E-state index is 10.5. The highest BCUT2D eigenvalue weighted by atomic mass is 79.9. The first-order chi connectivity index (χ1) is 7.06. The molecule has 0 bridgehead atoms. The van der Waals surface area contributed by atoms with Gasteiger partial charge in [-0.25, -0.2) is 0 Å². The minimum Gasteiger partial charge on any atom is -0.496 e. The second-order valence-electron chi connectivity index (χ2n) is 2.90. The fourth-order valence-electron chi connectivity index (χ4n) is 1.10. The lowest BCUT2D eigenvalue weighted by Gasteiger charge is -2.05. The third-order valence-electron chi connectivity index (χ3n) is 1.87. The van der Waals surface area contributed by atoms with Crippen LogP contribution in [0.15, 0.2) is 28.4 Å². The summed E-state index contributed by atoms with van der Waals surface area (Å²) < 4.78 is 5.88. The smallest absolute Gasteiger partial charge is 0.243 e. The Labute approximate surface area is 95.8 Å². The summed E-state index contributed by atoms with van der Waals surface area (Å²) in [7, 11) is 1.53. The van der Waals surface area contributed by atoms with E-state index in [0.717, 1.165) is 4.47 Å². The lowest BCUT2D eigenvalue weighted by Crippen LogP contribution is -1.95. The zero-order valence-corrected chi connectivity index (χ0v) is 9.95. The summed E-state index contributed by atoms with van der Waals surface area (Å²) in [4.78, 5) is 10.1. The van der Waals surface area contributed by atoms with Crippen molar-refractivity contribution in [2.75, 3.05) is 7.11 Å². The molecule has 15 heavy (non-hydrogen) atoms. The zero-order chi connectivity index (χ0) is 11.4. The number of halogens is 1. The highest BCUT2D eigenvalue weighted by molar-refractivity contribution is 9.10. The third-order valence-corrected chi connectivity index (χ3v) is 2.57. The summed E-state index contributed by atoms with van der Waals surface area (Å²) >= 11 is 3.32. The standard InChI is InChI=1S/C10H10BrNO3/c1-7(12(13)14)6-8-9(11)4-3-5-10(8)15-2/h3-6H,1-2H3. The van der Waals surface area contributed by atoms with E-state index in [1.54, 1.807) is 6.07 Å². The van der Waals surface area contributed by atoms with Crippen LogP contribution in [0, 0.1) is 10.1 Å². The van der Waals surface area contributed by atoms with Gasteiger partial charge in [0, 0.05) is 23.0 Å². The second kappa shape index (κ2) is 4.93. The molecule has 0 N–H and O–H groups in total. The summed E-state index contributed by atoms with van der Waals surface area (Å²) in [5, 5.41) is 10.5. The average molecular weight is 272 g/mol. The van der Waals surface area contributed by atoms with Crippen LogP contribution in [0.2, 0.25) is 0 Å². The van der Waals surface area contributed by atoms with E-state index >= 15 is 0 Å². The topological polar surface area (TPSA) is 52.4 Å². The van der Waals surface area contributed by atoms with Gasteiger partial charge in [0.2, 0.25) is 5.70 Å². The molecule has 0 radical (unpaired) electrons. The van der Waals surface area contributed by atoms with Gasteiger partial charge in [-0.15, -0.1) is 0 Å². The highest BCUT2D eigenvalue weighted by Crippen LogP contribution is 2.28. The second-order valence-corrected chi connectivity index (χ2v) is 3.75. The number of hydrogen-bond acceptors (Lipinski definition) is 3. The zero-order valence-electron chi connectivity index (χ0n) is 8.36. The van der Waals surface area contributed by atoms with E-state index in [2.05, 4.69) is 15.9 Å². The quantitative estimate of drug-likeness (QED) is 0.627. The third kappa shape index (κ3) is 2.79. The molecule has 0 saturated carbocycles. The number of nitrogens with zero attached hydrogens (tertiary/aromatic N) is 1. The summed E-state index contributed by atoms with van der Waals surface area (Å²) in [5.74, 6) is 0.602. The van der Waals surface area contributed by atoms with Gasteiger partial charge in [-0.3, -0.25) is 10.1 Å². The lowest BCUT2D eigenvalue weighted by molar-refractivity contribution is -0.422. The molecule has 0 saturated heterocycles. The van der Waals surface area contributed by atoms with Crippen molar-refractivity contribution in [2.45, 2.75) is 6.92 Å². The Morgan fingerprint density at radius 3 is 2.80 bits per heavy atom. The van der Waals surface area contributed by atoms with E-state index in [4.69, 9.17) is 4.74 Å². The Hall–Kier alpha value is -1.36. The molecule has 0 fully saturated rings. The number of ether oxygens (including phenoxy) is 1. The van der Waals surface area contributed by atoms with Crippen molar-refractivity contribution in [1.82, 2.24) is 0 Å². The highest BCUT2D eigenvalue weighted by Gasteiger charge is 2.09. The van der Waals surface area contributed by atoms with Crippen LogP contribution in [0.4, 0.5) is 0 Å². The molecule has 0 atom stereocenters. The van der Waals surface area contributed by atoms with Crippen LogP contribution in [0.25, 0.3) is 6.08 Å². The predicted molar refractivity (Wildman–Crippen MR) is 61.3 cm³/mol. The summed E-state index contributed by atoms with van der Waals surface area (Å²) in [6, 6.07) is 5.37. The molecule has 0 aliphatic carbocycles. The van der Waals surface area contributed by atoms with E-state index < -0.39 is 4.92 Å². The molecule has 1 aromatic rings. The fraction of sp³-hybridized carbons (Fsp3) is 0.200. The van der Waals surface area contributed by atoms with Crippen molar-refractivity contribution in [3.63, 3.8) is 0 Å². The largest absolute Gasteiger partial charge is 0.496 e. The monoisotopic (exact) mass is 271 g/mol. The van der Waals surface area contributed by atoms with Crippen molar-refractivity contribution in [2.24, 2.45) is 0 Å². The van der Waals surface area contributed by atoms with Gasteiger partial charge in [0.25, 0.3) is 0 Å². The molecule has 0 aliphatic heterocycles. The van der Waals surface area contributed by atoms with E-state index in [0.29, 0.717) is 11.3 Å². The summed E-state index contributed by atoms with van der Waals surface area (Å²) in [5.41, 5.74) is 0.745. The maximum atomic E-state index is 10.5. The van der Waals surface area contributed by atoms with Crippen LogP contribution in [0.1, 0.15) is 12.5 Å². The average Bonchev–Trinajstić information content (AvgIpc) is 2.20. The number of benzene rings is 1. The summed E-state index contributed by atoms with van der Waals surface area (Å²) in [6.45, 7) is 1.44. The van der Waals surface area contributed by atoms with Gasteiger partial charge in [0.1, 0.15) is 5.75 Å². The lowest BCUT2D eigenvalue weighted by atomic mass is 10.2. The molecule has 0 heterocycles. The SMILES string of the molecule is COc1cccc(Br)c1C=C(C)[N+](=O)[O-]. The van der Waals surface area contributed by atoms with Gasteiger partial charge in [0.05, 0.1) is 12.0 Å². The van der Waals surface area contributed by atoms with Crippen LogP contribution in [0.5, 0.6) is 5.75 Å². The molecule has 0 amide bonds. The van der Waals surface area contributed by atoms with Crippen molar-refractivity contribution < 1.29 is 9.66 Å². The molecular weight excluding hydrogens is 262 g/mol. The summed E-state index contributed by atoms with van der Waals surface area (Å²) in [6.07, 6.45) is 1.48. The van der Waals surface area contributed by atoms with Crippen LogP contribution in [0.3, 0.4) is 0 Å². The first-order valence-corrected chi connectivity index (χ1v) is 5.00. The van der Waals surface area contributed by atoms with Crippen molar-refractivity contribution in [3.8, 4) is 5.75 Å². The van der Waals surface area contributed by atoms with Gasteiger partial charge in [-0.1, -0.05) is 22.0 Å². The Morgan fingerprint density at radius 2 is 2.27 bits per heavy atom. The van der Waals surface area contributed by atoms with Gasteiger partial charge < -0.3 is 4.74 Å². The number of hydrogen-bond donors (Lipinski definition) is 0. The van der Waals surface area contributed by atoms with Gasteiger partial charge in [0.15, 0.2) is 0 Å². The Morgan fingerprint density at radius 1 is 1.60 bits per heavy atom. The number of allylic oxidation sites excluding steroid dienone is 1.